The molecule has 0 aliphatic carbocycles. The molecule has 44 heavy (non-hydrogen) atoms. The Balaban J connectivity index is 1.78. The highest BCUT2D eigenvalue weighted by molar-refractivity contribution is 5.79. The van der Waals surface area contributed by atoms with Crippen molar-refractivity contribution in [1.29, 1.82) is 0 Å². The van der Waals surface area contributed by atoms with E-state index in [4.69, 9.17) is 18.9 Å². The van der Waals surface area contributed by atoms with Gasteiger partial charge in [-0.05, 0) is 93.8 Å². The first-order valence-electron chi connectivity index (χ1n) is 13.9. The van der Waals surface area contributed by atoms with Crippen molar-refractivity contribution in [1.82, 2.24) is 0 Å². The molecule has 0 fully saturated rings. The van der Waals surface area contributed by atoms with Crippen molar-refractivity contribution in [2.75, 3.05) is 38.3 Å². The number of carbonyl (C=O) groups excluding carboxylic acids is 1. The Bertz CT molecular complexity index is 1320. The number of anilines is 1. The monoisotopic (exact) mass is 627 g/mol. The van der Waals surface area contributed by atoms with Crippen molar-refractivity contribution in [2.24, 2.45) is 0 Å². The van der Waals surface area contributed by atoms with Crippen molar-refractivity contribution in [2.45, 2.75) is 51.6 Å². The second-order valence-electron chi connectivity index (χ2n) is 10.4. The van der Waals surface area contributed by atoms with Gasteiger partial charge in [-0.25, -0.2) is 4.79 Å². The normalized spacial score (nSPS) is 12.0. The van der Waals surface area contributed by atoms with E-state index in [9.17, 15) is 31.1 Å². The molecule has 0 radical (unpaired) electrons. The number of hydrogen-bond acceptors (Lipinski definition) is 6. The highest BCUT2D eigenvalue weighted by atomic mass is 19.4. The van der Waals surface area contributed by atoms with Gasteiger partial charge < -0.3 is 23.8 Å². The molecule has 0 bridgehead atoms. The Morgan fingerprint density at radius 2 is 1.32 bits per heavy atom. The molecule has 0 N–H and O–H groups in total. The average molecular weight is 628 g/mol. The number of halogens is 6. The lowest BCUT2D eigenvalue weighted by Crippen LogP contribution is -2.39. The van der Waals surface area contributed by atoms with Crippen molar-refractivity contribution < 1.29 is 50.1 Å². The number of rotatable bonds is 14. The van der Waals surface area contributed by atoms with Crippen LogP contribution in [0.5, 0.6) is 17.2 Å². The number of benzene rings is 3. The van der Waals surface area contributed by atoms with E-state index < -0.39 is 35.0 Å². The van der Waals surface area contributed by atoms with Crippen LogP contribution in [0.2, 0.25) is 0 Å². The minimum Gasteiger partial charge on any atom is -0.497 e. The quantitative estimate of drug-likeness (QED) is 0.103. The fourth-order valence-corrected chi connectivity index (χ4v) is 4.24. The molecule has 240 valence electrons. The molecule has 12 heteroatoms. The predicted octanol–water partition coefficient (Wildman–Crippen LogP) is 7.97. The van der Waals surface area contributed by atoms with E-state index in [1.165, 1.54) is 12.0 Å². The Morgan fingerprint density at radius 1 is 0.773 bits per heavy atom. The van der Waals surface area contributed by atoms with Gasteiger partial charge in [0.25, 0.3) is 0 Å². The summed E-state index contributed by atoms with van der Waals surface area (Å²) in [6, 6.07) is 15.1. The van der Waals surface area contributed by atoms with Gasteiger partial charge in [-0.2, -0.15) is 26.3 Å². The number of methoxy groups -OCH3 is 1. The fraction of sp³-hybridized carbons (Fsp3) is 0.406. The second kappa shape index (κ2) is 14.6. The highest BCUT2D eigenvalue weighted by Gasteiger charge is 2.37. The zero-order chi connectivity index (χ0) is 32.5. The van der Waals surface area contributed by atoms with Crippen LogP contribution < -0.4 is 19.1 Å². The molecular weight excluding hydrogens is 592 g/mol. The molecule has 0 aliphatic rings. The second-order valence-corrected chi connectivity index (χ2v) is 10.4. The summed E-state index contributed by atoms with van der Waals surface area (Å²) >= 11 is 0. The van der Waals surface area contributed by atoms with Crippen molar-refractivity contribution in [3.63, 3.8) is 0 Å². The highest BCUT2D eigenvalue weighted by Crippen LogP contribution is 2.38. The van der Waals surface area contributed by atoms with Gasteiger partial charge in [0.2, 0.25) is 0 Å². The Kier molecular flexibility index (Phi) is 11.4. The molecule has 0 aromatic heterocycles. The van der Waals surface area contributed by atoms with Gasteiger partial charge in [-0.15, -0.1) is 0 Å². The molecule has 3 rings (SSSR count). The van der Waals surface area contributed by atoms with Crippen LogP contribution in [0.1, 0.15) is 43.9 Å². The van der Waals surface area contributed by atoms with E-state index in [0.717, 1.165) is 17.7 Å². The summed E-state index contributed by atoms with van der Waals surface area (Å²) in [4.78, 5) is 13.6. The third kappa shape index (κ3) is 9.99. The molecule has 3 aromatic carbocycles. The van der Waals surface area contributed by atoms with Gasteiger partial charge in [0.05, 0.1) is 31.5 Å². The molecule has 3 aromatic rings. The lowest BCUT2D eigenvalue weighted by Gasteiger charge is -2.27. The molecular formula is C32H35F6NO5. The first kappa shape index (κ1) is 34.4. The molecule has 0 saturated carbocycles. The molecule has 6 nitrogen and oxygen atoms in total. The third-order valence-electron chi connectivity index (χ3n) is 6.57. The molecule has 0 atom stereocenters. The van der Waals surface area contributed by atoms with Gasteiger partial charge in [-0.1, -0.05) is 12.1 Å². The molecule has 0 aliphatic heterocycles. The molecule has 0 spiro atoms. The van der Waals surface area contributed by atoms with Crippen LogP contribution in [0.4, 0.5) is 32.0 Å². The molecule has 0 amide bonds. The first-order chi connectivity index (χ1) is 20.6. The summed E-state index contributed by atoms with van der Waals surface area (Å²) in [5.41, 5.74) is -3.44. The SMILES string of the molecule is CCOC(=O)C(C)(C)Oc1ccc(CCN(CCCOc2ccc(OC)cc2)c2cc(C(F)(F)F)cc(C(F)(F)F)c2)cc1. The van der Waals surface area contributed by atoms with E-state index in [-0.39, 0.29) is 38.1 Å². The lowest BCUT2D eigenvalue weighted by molar-refractivity contribution is -0.158. The van der Waals surface area contributed by atoms with E-state index in [2.05, 4.69) is 0 Å². The minimum absolute atomic E-state index is 0.116. The summed E-state index contributed by atoms with van der Waals surface area (Å²) < 4.78 is 103. The molecule has 0 heterocycles. The first-order valence-corrected chi connectivity index (χ1v) is 13.9. The van der Waals surface area contributed by atoms with Crippen LogP contribution in [-0.4, -0.2) is 45.0 Å². The zero-order valence-corrected chi connectivity index (χ0v) is 24.8. The summed E-state index contributed by atoms with van der Waals surface area (Å²) in [7, 11) is 1.53. The number of nitrogens with zero attached hydrogens (tertiary/aromatic N) is 1. The number of ether oxygens (including phenoxy) is 4. The molecule has 0 unspecified atom stereocenters. The Hall–Kier alpha value is -4.09. The smallest absolute Gasteiger partial charge is 0.416 e. The number of alkyl halides is 6. The van der Waals surface area contributed by atoms with E-state index >= 15 is 0 Å². The molecule has 0 saturated heterocycles. The van der Waals surface area contributed by atoms with Crippen LogP contribution in [0.25, 0.3) is 0 Å². The predicted molar refractivity (Wildman–Crippen MR) is 153 cm³/mol. The summed E-state index contributed by atoms with van der Waals surface area (Å²) in [5, 5.41) is 0. The average Bonchev–Trinajstić information content (AvgIpc) is 2.96. The van der Waals surface area contributed by atoms with Crippen molar-refractivity contribution in [3.05, 3.63) is 83.4 Å². The van der Waals surface area contributed by atoms with Gasteiger partial charge in [0.15, 0.2) is 5.60 Å². The van der Waals surface area contributed by atoms with E-state index in [1.807, 2.05) is 0 Å². The summed E-state index contributed by atoms with van der Waals surface area (Å²) in [6.45, 7) is 5.45. The topological polar surface area (TPSA) is 57.2 Å². The fourth-order valence-electron chi connectivity index (χ4n) is 4.24. The zero-order valence-electron chi connectivity index (χ0n) is 24.8. The van der Waals surface area contributed by atoms with Crippen LogP contribution in [0.15, 0.2) is 66.7 Å². The van der Waals surface area contributed by atoms with E-state index in [0.29, 0.717) is 30.1 Å². The summed E-state index contributed by atoms with van der Waals surface area (Å²) in [6.07, 6.45) is -9.31. The van der Waals surface area contributed by atoms with Gasteiger partial charge in [-0.3, -0.25) is 0 Å². The maximum Gasteiger partial charge on any atom is 0.416 e. The van der Waals surface area contributed by atoms with Gasteiger partial charge >= 0.3 is 18.3 Å². The lowest BCUT2D eigenvalue weighted by atomic mass is 10.1. The number of carbonyl (C=O) groups is 1. The standard InChI is InChI=1S/C32H35F6NO5/c1-5-42-29(40)30(2,3)44-28-9-7-22(8-10-28)15-17-39(16-6-18-43-27-13-11-26(41-4)12-14-27)25-20-23(31(33,34)35)19-24(21-25)32(36,37)38/h7-14,19-21H,5-6,15-18H2,1-4H3. The third-order valence-corrected chi connectivity index (χ3v) is 6.57. The minimum atomic E-state index is -4.97. The van der Waals surface area contributed by atoms with E-state index in [1.54, 1.807) is 69.3 Å². The van der Waals surface area contributed by atoms with Crippen LogP contribution in [-0.2, 0) is 28.3 Å². The maximum atomic E-state index is 13.6. The van der Waals surface area contributed by atoms with Crippen molar-refractivity contribution in [3.8, 4) is 17.2 Å². The van der Waals surface area contributed by atoms with Gasteiger partial charge in [0, 0.05) is 18.8 Å². The Morgan fingerprint density at radius 3 is 1.84 bits per heavy atom. The van der Waals surface area contributed by atoms with Crippen LogP contribution in [0, 0.1) is 0 Å². The largest absolute Gasteiger partial charge is 0.497 e. The number of esters is 1. The van der Waals surface area contributed by atoms with Crippen LogP contribution in [0.3, 0.4) is 0 Å². The maximum absolute atomic E-state index is 13.6. The Labute approximate surface area is 252 Å². The van der Waals surface area contributed by atoms with Crippen LogP contribution >= 0.6 is 0 Å². The van der Waals surface area contributed by atoms with Gasteiger partial charge in [0.1, 0.15) is 17.2 Å². The number of hydrogen-bond donors (Lipinski definition) is 0. The van der Waals surface area contributed by atoms with Crippen molar-refractivity contribution >= 4 is 11.7 Å². The summed E-state index contributed by atoms with van der Waals surface area (Å²) in [5.74, 6) is 1.04.